The lowest BCUT2D eigenvalue weighted by Crippen LogP contribution is -2.21. The Morgan fingerprint density at radius 1 is 0.364 bits per heavy atom. The normalized spacial score (nSPS) is 13.4. The molecule has 3 heterocycles. The number of ketones is 1. The van der Waals surface area contributed by atoms with Crippen LogP contribution >= 0.6 is 0 Å². The van der Waals surface area contributed by atoms with Gasteiger partial charge >= 0.3 is 0 Å². The molecule has 5 nitrogen and oxygen atoms in total. The van der Waals surface area contributed by atoms with Gasteiger partial charge in [0.1, 0.15) is 0 Å². The molecule has 0 amide bonds. The molecule has 0 spiro atoms. The minimum Gasteiger partial charge on any atom is -0.309 e. The molecular weight excluding hydrogens is 697 g/mol. The van der Waals surface area contributed by atoms with Crippen LogP contribution in [0.4, 0.5) is 0 Å². The van der Waals surface area contributed by atoms with E-state index in [2.05, 4.69) is 81.9 Å². The first-order valence-corrected chi connectivity index (χ1v) is 19.7. The summed E-state index contributed by atoms with van der Waals surface area (Å²) in [6, 6.07) is 59.8. The fourth-order valence-corrected chi connectivity index (χ4v) is 10.3. The van der Waals surface area contributed by atoms with E-state index in [1.54, 1.807) is 24.3 Å². The second-order valence-corrected chi connectivity index (χ2v) is 15.9. The van der Waals surface area contributed by atoms with Gasteiger partial charge in [0, 0.05) is 44.0 Å². The summed E-state index contributed by atoms with van der Waals surface area (Å²) in [6.07, 6.45) is 0. The highest BCUT2D eigenvalue weighted by molar-refractivity contribution is 7.91. The Morgan fingerprint density at radius 3 is 1.47 bits per heavy atom. The van der Waals surface area contributed by atoms with Crippen molar-refractivity contribution < 1.29 is 13.2 Å². The molecule has 260 valence electrons. The lowest BCUT2D eigenvalue weighted by molar-refractivity contribution is 0.103. The monoisotopic (exact) mass is 726 g/mol. The zero-order chi connectivity index (χ0) is 36.8. The van der Waals surface area contributed by atoms with Crippen LogP contribution < -0.4 is 0 Å². The lowest BCUT2D eigenvalue weighted by Gasteiger charge is -2.22. The maximum atomic E-state index is 14.5. The highest BCUT2D eigenvalue weighted by atomic mass is 32.2. The van der Waals surface area contributed by atoms with Crippen molar-refractivity contribution in [3.63, 3.8) is 0 Å². The SMILES string of the molecule is O=C1c2ccc(-c3ccc4c(c3)c3ccccc3n4-c3ccccc3)cc2S(=O)(=O)c2cccc(-c3ccc4c(c3)c3ccccc3n4-c3ccccc3)c21. The highest BCUT2D eigenvalue weighted by Crippen LogP contribution is 2.43. The summed E-state index contributed by atoms with van der Waals surface area (Å²) in [5.41, 5.74) is 9.74. The average Bonchev–Trinajstić information content (AvgIpc) is 3.75. The summed E-state index contributed by atoms with van der Waals surface area (Å²) in [7, 11) is -4.04. The zero-order valence-corrected chi connectivity index (χ0v) is 30.2. The molecule has 0 unspecified atom stereocenters. The molecule has 2 aromatic heterocycles. The van der Waals surface area contributed by atoms with Gasteiger partial charge in [-0.05, 0) is 101 Å². The molecule has 0 fully saturated rings. The molecule has 0 N–H and O–H groups in total. The minimum absolute atomic E-state index is 0.0350. The van der Waals surface area contributed by atoms with Crippen molar-refractivity contribution >= 4 is 59.2 Å². The van der Waals surface area contributed by atoms with Gasteiger partial charge in [0.05, 0.1) is 31.9 Å². The fraction of sp³-hybridized carbons (Fsp3) is 0. The van der Waals surface area contributed by atoms with E-state index in [4.69, 9.17) is 0 Å². The van der Waals surface area contributed by atoms with Crippen LogP contribution in [0.25, 0.3) is 77.2 Å². The van der Waals surface area contributed by atoms with Crippen LogP contribution in [0.2, 0.25) is 0 Å². The van der Waals surface area contributed by atoms with E-state index in [1.165, 1.54) is 0 Å². The predicted octanol–water partition coefficient (Wildman–Crippen LogP) is 11.6. The molecule has 0 radical (unpaired) electrons. The van der Waals surface area contributed by atoms with Gasteiger partial charge in [-0.2, -0.15) is 0 Å². The molecule has 8 aromatic carbocycles. The van der Waals surface area contributed by atoms with Crippen molar-refractivity contribution in [3.05, 3.63) is 193 Å². The van der Waals surface area contributed by atoms with Crippen LogP contribution in [0.3, 0.4) is 0 Å². The van der Waals surface area contributed by atoms with Crippen LogP contribution in [0.15, 0.2) is 192 Å². The van der Waals surface area contributed by atoms with E-state index in [0.717, 1.165) is 71.7 Å². The number of rotatable bonds is 4. The topological polar surface area (TPSA) is 61.1 Å². The summed E-state index contributed by atoms with van der Waals surface area (Å²) < 4.78 is 33.6. The molecule has 6 heteroatoms. The van der Waals surface area contributed by atoms with Crippen LogP contribution in [0.1, 0.15) is 15.9 Å². The second-order valence-electron chi connectivity index (χ2n) is 14.1. The molecule has 0 aliphatic carbocycles. The maximum Gasteiger partial charge on any atom is 0.208 e. The number of para-hydroxylation sites is 4. The van der Waals surface area contributed by atoms with Crippen LogP contribution in [-0.4, -0.2) is 23.3 Å². The van der Waals surface area contributed by atoms with Gasteiger partial charge in [-0.15, -0.1) is 0 Å². The van der Waals surface area contributed by atoms with Crippen LogP contribution in [-0.2, 0) is 9.84 Å². The van der Waals surface area contributed by atoms with Gasteiger partial charge < -0.3 is 9.13 Å². The van der Waals surface area contributed by atoms with Crippen molar-refractivity contribution in [2.24, 2.45) is 0 Å². The van der Waals surface area contributed by atoms with Crippen molar-refractivity contribution in [2.45, 2.75) is 9.79 Å². The Hall–Kier alpha value is -7.02. The smallest absolute Gasteiger partial charge is 0.208 e. The maximum absolute atomic E-state index is 14.5. The van der Waals surface area contributed by atoms with Gasteiger partial charge in [0.2, 0.25) is 9.84 Å². The first-order valence-electron chi connectivity index (χ1n) is 18.2. The van der Waals surface area contributed by atoms with Gasteiger partial charge in [-0.25, -0.2) is 8.42 Å². The van der Waals surface area contributed by atoms with Gasteiger partial charge in [0.25, 0.3) is 0 Å². The third-order valence-electron chi connectivity index (χ3n) is 11.1. The van der Waals surface area contributed by atoms with Gasteiger partial charge in [-0.1, -0.05) is 103 Å². The Labute approximate surface area is 316 Å². The number of carbonyl (C=O) groups is 1. The lowest BCUT2D eigenvalue weighted by atomic mass is 9.91. The summed E-state index contributed by atoms with van der Waals surface area (Å²) in [5.74, 6) is -0.296. The van der Waals surface area contributed by atoms with E-state index in [0.29, 0.717) is 5.56 Å². The Bertz CT molecular complexity index is 3330. The first kappa shape index (κ1) is 31.5. The number of sulfone groups is 1. The standard InChI is InChI=1S/C49H30N2O3S/c52-49-39-25-22-32(31-23-26-44-40(28-31)37-16-7-9-19-42(37)50(44)34-12-3-1-4-13-34)30-47(39)55(53,54)46-21-11-18-36(48(46)49)33-24-27-45-41(29-33)38-17-8-10-20-43(38)51(45)35-14-5-2-6-15-35/h1-30H. The van der Waals surface area contributed by atoms with Crippen molar-refractivity contribution in [2.75, 3.05) is 0 Å². The van der Waals surface area contributed by atoms with Gasteiger partial charge in [0.15, 0.2) is 5.78 Å². The Morgan fingerprint density at radius 2 is 0.855 bits per heavy atom. The number of benzene rings is 8. The third kappa shape index (κ3) is 4.59. The number of aromatic nitrogens is 2. The molecule has 1 aliphatic heterocycles. The summed E-state index contributed by atoms with van der Waals surface area (Å²) in [6.45, 7) is 0. The average molecular weight is 727 g/mol. The third-order valence-corrected chi connectivity index (χ3v) is 12.9. The quantitative estimate of drug-likeness (QED) is 0.181. The number of nitrogens with zero attached hydrogens (tertiary/aromatic N) is 2. The van der Waals surface area contributed by atoms with Crippen molar-refractivity contribution in [1.29, 1.82) is 0 Å². The van der Waals surface area contributed by atoms with Crippen LogP contribution in [0, 0.1) is 0 Å². The van der Waals surface area contributed by atoms with E-state index in [-0.39, 0.29) is 26.7 Å². The van der Waals surface area contributed by atoms with E-state index in [9.17, 15) is 13.2 Å². The summed E-state index contributed by atoms with van der Waals surface area (Å²) in [5, 5.41) is 4.27. The van der Waals surface area contributed by atoms with Crippen LogP contribution in [0.5, 0.6) is 0 Å². The molecule has 55 heavy (non-hydrogen) atoms. The van der Waals surface area contributed by atoms with Crippen molar-refractivity contribution in [1.82, 2.24) is 9.13 Å². The highest BCUT2D eigenvalue weighted by Gasteiger charge is 2.37. The van der Waals surface area contributed by atoms with E-state index in [1.807, 2.05) is 84.9 Å². The molecule has 0 atom stereocenters. The molecule has 1 aliphatic rings. The number of carbonyl (C=O) groups excluding carboxylic acids is 1. The number of hydrogen-bond donors (Lipinski definition) is 0. The second kappa shape index (κ2) is 11.7. The zero-order valence-electron chi connectivity index (χ0n) is 29.3. The fourth-order valence-electron chi connectivity index (χ4n) is 8.60. The number of fused-ring (bicyclic) bond motifs is 8. The van der Waals surface area contributed by atoms with E-state index < -0.39 is 9.84 Å². The van der Waals surface area contributed by atoms with Gasteiger partial charge in [-0.3, -0.25) is 4.79 Å². The molecular formula is C49H30N2O3S. The number of hydrogen-bond acceptors (Lipinski definition) is 3. The molecule has 11 rings (SSSR count). The molecule has 0 saturated carbocycles. The first-order chi connectivity index (χ1) is 27.0. The summed E-state index contributed by atoms with van der Waals surface area (Å²) in [4.78, 5) is 14.6. The van der Waals surface area contributed by atoms with E-state index >= 15 is 0 Å². The minimum atomic E-state index is -4.04. The molecule has 0 saturated heterocycles. The molecule has 10 aromatic rings. The van der Waals surface area contributed by atoms with Crippen molar-refractivity contribution in [3.8, 4) is 33.6 Å². The largest absolute Gasteiger partial charge is 0.309 e. The summed E-state index contributed by atoms with van der Waals surface area (Å²) >= 11 is 0. The Balaban J connectivity index is 1.04. The predicted molar refractivity (Wildman–Crippen MR) is 221 cm³/mol. The Kier molecular flexibility index (Phi) is 6.72. The molecule has 0 bridgehead atoms.